The van der Waals surface area contributed by atoms with E-state index in [-0.39, 0.29) is 41.5 Å². The molecule has 4 N–H and O–H groups in total. The number of imidazole rings is 1. The second kappa shape index (κ2) is 23.8. The summed E-state index contributed by atoms with van der Waals surface area (Å²) in [5.41, 5.74) is 7.99. The Labute approximate surface area is 447 Å². The molecule has 5 aliphatic rings. The van der Waals surface area contributed by atoms with Crippen molar-refractivity contribution < 1.29 is 18.8 Å². The van der Waals surface area contributed by atoms with Gasteiger partial charge in [-0.05, 0) is 187 Å². The number of carbonyl (C=O) groups excluding carboxylic acids is 3. The molecule has 3 amide bonds. The molecule has 3 aromatic rings. The zero-order valence-electron chi connectivity index (χ0n) is 47.3. The third-order valence-electron chi connectivity index (χ3n) is 19.9. The Morgan fingerprint density at radius 2 is 1.46 bits per heavy atom. The highest BCUT2D eigenvalue weighted by molar-refractivity contribution is 6.99. The van der Waals surface area contributed by atoms with E-state index in [2.05, 4.69) is 127 Å². The van der Waals surface area contributed by atoms with Crippen LogP contribution in [0.1, 0.15) is 137 Å². The minimum Gasteiger partial charge on any atom is -0.404 e. The predicted octanol–water partition coefficient (Wildman–Crippen LogP) is 8.12. The van der Waals surface area contributed by atoms with Gasteiger partial charge >= 0.3 is 0 Å². The van der Waals surface area contributed by atoms with Crippen LogP contribution in [0.2, 0.25) is 5.04 Å². The first-order valence-electron chi connectivity index (χ1n) is 28.9. The first kappa shape index (κ1) is 56.3. The number of carbonyl (C=O) groups is 3. The summed E-state index contributed by atoms with van der Waals surface area (Å²) in [4.78, 5) is 57.8. The number of nitrogens with zero attached hydrogens (tertiary/aromatic N) is 5. The predicted molar refractivity (Wildman–Crippen MR) is 301 cm³/mol. The van der Waals surface area contributed by atoms with Crippen LogP contribution in [0, 0.1) is 46.3 Å². The topological polar surface area (TPSA) is 140 Å². The standard InChI is InChI=1S/C61H96N8O4Si/c1-43(23-28-56(70)65-46-39-55(69(41-46)57(71)54(62)38-45-40-63-42-64-45)58(72)68(35-17-33-66(7)8)36-18-34-67(9)10)51-26-27-52-50-25-24-44-37-47(29-31-60(44,5)53(50)30-32-61(51,52)6)73-74(59(2,3)4,48-19-13-11-14-20-48)49-21-15-12-16-22-49/h11-16,19-22,40,42-44,46-47,50-55H,17-18,23-39,41,62H2,1-10H3,(H,63,64)(H,65,70)/t43-,44?,46+,47-,50?,51-,52?,53?,54?,55+,60+,61-/m1/s1. The van der Waals surface area contributed by atoms with E-state index in [1.807, 2.05) is 33.1 Å². The van der Waals surface area contributed by atoms with Crippen LogP contribution >= 0.6 is 0 Å². The number of fused-ring (bicyclic) bond motifs is 5. The highest BCUT2D eigenvalue weighted by Gasteiger charge is 2.61. The summed E-state index contributed by atoms with van der Waals surface area (Å²) >= 11 is 0. The number of H-pyrrole nitrogens is 1. The quantitative estimate of drug-likeness (QED) is 0.0911. The molecular weight excluding hydrogens is 937 g/mol. The van der Waals surface area contributed by atoms with Crippen molar-refractivity contribution in [2.24, 2.45) is 52.1 Å². The third-order valence-corrected chi connectivity index (χ3v) is 25.0. The highest BCUT2D eigenvalue weighted by Crippen LogP contribution is 2.68. The number of nitrogens with two attached hydrogens (primary N) is 1. The van der Waals surface area contributed by atoms with Crippen LogP contribution in [0.3, 0.4) is 0 Å². The smallest absolute Gasteiger partial charge is 0.261 e. The van der Waals surface area contributed by atoms with Crippen molar-refractivity contribution in [1.29, 1.82) is 0 Å². The Morgan fingerprint density at radius 1 is 0.838 bits per heavy atom. The van der Waals surface area contributed by atoms with Crippen LogP contribution in [0.15, 0.2) is 73.2 Å². The Kier molecular flexibility index (Phi) is 18.1. The van der Waals surface area contributed by atoms with Crippen LogP contribution in [-0.4, -0.2) is 141 Å². The van der Waals surface area contributed by atoms with E-state index in [0.29, 0.717) is 60.9 Å². The average Bonchev–Trinajstić information content (AvgIpc) is 4.14. The van der Waals surface area contributed by atoms with Crippen LogP contribution in [0.25, 0.3) is 0 Å². The fourth-order valence-corrected chi connectivity index (χ4v) is 20.9. The lowest BCUT2D eigenvalue weighted by atomic mass is 9.44. The third kappa shape index (κ3) is 12.0. The molecule has 5 unspecified atom stereocenters. The molecular formula is C61H96N8O4Si. The van der Waals surface area contributed by atoms with E-state index in [1.165, 1.54) is 61.7 Å². The zero-order chi connectivity index (χ0) is 53.0. The van der Waals surface area contributed by atoms with Gasteiger partial charge in [0.15, 0.2) is 0 Å². The van der Waals surface area contributed by atoms with Gasteiger partial charge in [-0.25, -0.2) is 4.98 Å². The fourth-order valence-electron chi connectivity index (χ4n) is 16.2. The van der Waals surface area contributed by atoms with Gasteiger partial charge < -0.3 is 40.1 Å². The lowest BCUT2D eigenvalue weighted by Gasteiger charge is -2.62. The van der Waals surface area contributed by atoms with Crippen molar-refractivity contribution in [3.8, 4) is 0 Å². The summed E-state index contributed by atoms with van der Waals surface area (Å²) in [6, 6.07) is 20.6. The van der Waals surface area contributed by atoms with Crippen molar-refractivity contribution in [1.82, 2.24) is 34.9 Å². The number of hydrogen-bond donors (Lipinski definition) is 3. The summed E-state index contributed by atoms with van der Waals surface area (Å²) in [5.74, 6) is 3.71. The van der Waals surface area contributed by atoms with Gasteiger partial charge in [0.2, 0.25) is 17.7 Å². The number of nitrogens with one attached hydrogen (secondary N) is 2. The van der Waals surface area contributed by atoms with Gasteiger partial charge in [-0.15, -0.1) is 0 Å². The van der Waals surface area contributed by atoms with Crippen molar-refractivity contribution >= 4 is 36.4 Å². The minimum atomic E-state index is -2.63. The van der Waals surface area contributed by atoms with E-state index < -0.39 is 20.4 Å². The molecule has 0 bridgehead atoms. The molecule has 1 aliphatic heterocycles. The molecule has 4 aliphatic carbocycles. The summed E-state index contributed by atoms with van der Waals surface area (Å²) in [6.07, 6.45) is 18.6. The van der Waals surface area contributed by atoms with Gasteiger partial charge in [0.05, 0.1) is 12.4 Å². The first-order valence-corrected chi connectivity index (χ1v) is 30.9. The van der Waals surface area contributed by atoms with Gasteiger partial charge in [0.25, 0.3) is 8.32 Å². The van der Waals surface area contributed by atoms with E-state index in [0.717, 1.165) is 62.2 Å². The van der Waals surface area contributed by atoms with Crippen LogP contribution in [0.5, 0.6) is 0 Å². The summed E-state index contributed by atoms with van der Waals surface area (Å²) < 4.78 is 7.81. The van der Waals surface area contributed by atoms with Crippen LogP contribution in [0.4, 0.5) is 0 Å². The van der Waals surface area contributed by atoms with Crippen molar-refractivity contribution in [2.75, 3.05) is 60.9 Å². The minimum absolute atomic E-state index is 0.0158. The fraction of sp³-hybridized carbons (Fsp3) is 0.705. The maximum absolute atomic E-state index is 14.6. The molecule has 0 radical (unpaired) electrons. The first-order chi connectivity index (χ1) is 35.2. The second-order valence-corrected chi connectivity index (χ2v) is 30.4. The molecule has 5 fully saturated rings. The van der Waals surface area contributed by atoms with Gasteiger partial charge in [-0.2, -0.15) is 0 Å². The molecule has 2 heterocycles. The number of aromatic amines is 1. The highest BCUT2D eigenvalue weighted by atomic mass is 28.4. The van der Waals surface area contributed by atoms with E-state index in [9.17, 15) is 14.4 Å². The van der Waals surface area contributed by atoms with Crippen molar-refractivity contribution in [3.05, 3.63) is 78.9 Å². The molecule has 13 heteroatoms. The molecule has 12 nitrogen and oxygen atoms in total. The SMILES string of the molecule is C[C@H](CCC(=O)N[C@H]1C[C@@H](C(=O)N(CCCN(C)C)CCCN(C)C)N(C(=O)C(N)Cc2cnc[nH]2)C1)[C@H]1CCC2C3CCC4C[C@H](O[Si](c5ccccc5)(c5ccccc5)C(C)(C)C)CC[C@]4(C)C3CC[C@@]21C. The number of rotatable bonds is 21. The molecule has 0 spiro atoms. The largest absolute Gasteiger partial charge is 0.404 e. The Hall–Kier alpha value is -3.88. The number of benzene rings is 2. The maximum atomic E-state index is 14.6. The molecule has 1 saturated heterocycles. The van der Waals surface area contributed by atoms with Gasteiger partial charge in [-0.3, -0.25) is 14.4 Å². The van der Waals surface area contributed by atoms with Gasteiger partial charge in [0, 0.05) is 56.5 Å². The number of hydrogen-bond acceptors (Lipinski definition) is 8. The Balaban J connectivity index is 0.886. The summed E-state index contributed by atoms with van der Waals surface area (Å²) in [7, 11) is 5.55. The maximum Gasteiger partial charge on any atom is 0.261 e. The van der Waals surface area contributed by atoms with E-state index in [1.54, 1.807) is 17.4 Å². The summed E-state index contributed by atoms with van der Waals surface area (Å²) in [6.45, 7) is 18.2. The number of aromatic nitrogens is 2. The Bertz CT molecular complexity index is 2240. The van der Waals surface area contributed by atoms with Gasteiger partial charge in [0.1, 0.15) is 6.04 Å². The normalized spacial score (nSPS) is 29.9. The molecule has 1 aromatic heterocycles. The molecule has 408 valence electrons. The number of amides is 3. The monoisotopic (exact) mass is 1030 g/mol. The summed E-state index contributed by atoms with van der Waals surface area (Å²) in [5, 5.41) is 6.06. The Morgan fingerprint density at radius 3 is 2.05 bits per heavy atom. The molecule has 8 rings (SSSR count). The molecule has 4 saturated carbocycles. The number of likely N-dealkylation sites (tertiary alicyclic amines) is 1. The van der Waals surface area contributed by atoms with Gasteiger partial charge in [-0.1, -0.05) is 102 Å². The van der Waals surface area contributed by atoms with E-state index in [4.69, 9.17) is 10.2 Å². The molecule has 74 heavy (non-hydrogen) atoms. The lowest BCUT2D eigenvalue weighted by Crippen LogP contribution is -2.68. The average molecular weight is 1030 g/mol. The van der Waals surface area contributed by atoms with Crippen LogP contribution < -0.4 is 21.4 Å². The van der Waals surface area contributed by atoms with E-state index >= 15 is 0 Å². The van der Waals surface area contributed by atoms with Crippen molar-refractivity contribution in [3.63, 3.8) is 0 Å². The van der Waals surface area contributed by atoms with Crippen molar-refractivity contribution in [2.45, 2.75) is 167 Å². The zero-order valence-corrected chi connectivity index (χ0v) is 48.3. The molecule has 2 aromatic carbocycles. The van der Waals surface area contributed by atoms with Crippen LogP contribution in [-0.2, 0) is 25.2 Å². The molecule has 12 atom stereocenters. The second-order valence-electron chi connectivity index (χ2n) is 26.1. The lowest BCUT2D eigenvalue weighted by molar-refractivity contribution is -0.144.